The molecule has 0 aliphatic rings. The Kier molecular flexibility index (Phi) is 5.08. The van der Waals surface area contributed by atoms with E-state index in [2.05, 4.69) is 4.98 Å². The van der Waals surface area contributed by atoms with Crippen LogP contribution in [0.15, 0.2) is 28.4 Å². The number of aliphatic carboxylic acids is 1. The normalized spacial score (nSPS) is 11.0. The van der Waals surface area contributed by atoms with Crippen LogP contribution in [-0.4, -0.2) is 27.7 Å². The number of hydrogen-bond acceptors (Lipinski definition) is 5. The molecule has 0 fully saturated rings. The van der Waals surface area contributed by atoms with Crippen LogP contribution in [0.1, 0.15) is 24.2 Å². The maximum Gasteiger partial charge on any atom is 0.303 e. The van der Waals surface area contributed by atoms with Gasteiger partial charge in [-0.2, -0.15) is 0 Å². The van der Waals surface area contributed by atoms with E-state index in [9.17, 15) is 9.59 Å². The van der Waals surface area contributed by atoms with E-state index >= 15 is 0 Å². The van der Waals surface area contributed by atoms with Crippen molar-refractivity contribution >= 4 is 27.5 Å². The highest BCUT2D eigenvalue weighted by molar-refractivity contribution is 7.17. The van der Waals surface area contributed by atoms with Gasteiger partial charge in [-0.1, -0.05) is 6.07 Å². The van der Waals surface area contributed by atoms with Crippen LogP contribution >= 0.6 is 11.3 Å². The molecule has 1 N–H and O–H groups in total. The zero-order valence-corrected chi connectivity index (χ0v) is 15.7. The minimum Gasteiger partial charge on any atom is -0.496 e. The van der Waals surface area contributed by atoms with E-state index < -0.39 is 5.97 Å². The molecule has 0 amide bonds. The Morgan fingerprint density at radius 1 is 1.35 bits per heavy atom. The fourth-order valence-corrected chi connectivity index (χ4v) is 4.02. The summed E-state index contributed by atoms with van der Waals surface area (Å²) in [6.07, 6.45) is 0.419. The Bertz CT molecular complexity index is 1040. The number of carboxylic acid groups (broad SMARTS) is 1. The lowest BCUT2D eigenvalue weighted by molar-refractivity contribution is -0.137. The van der Waals surface area contributed by atoms with E-state index in [1.54, 1.807) is 18.6 Å². The zero-order chi connectivity index (χ0) is 18.8. The molecule has 0 spiro atoms. The molecule has 2 heterocycles. The lowest BCUT2D eigenvalue weighted by atomic mass is 10.0. The number of hydrogen-bond donors (Lipinski definition) is 1. The SMILES string of the molecule is COc1ccc(-c2csc3nc(C)n(CCCC(=O)O)c(=O)c23)cc1C. The molecule has 136 valence electrons. The molecule has 7 heteroatoms. The van der Waals surface area contributed by atoms with Gasteiger partial charge in [-0.15, -0.1) is 11.3 Å². The van der Waals surface area contributed by atoms with Crippen molar-refractivity contribution in [3.8, 4) is 16.9 Å². The third-order valence-corrected chi connectivity index (χ3v) is 5.24. The number of rotatable bonds is 6. The van der Waals surface area contributed by atoms with Crippen LogP contribution in [-0.2, 0) is 11.3 Å². The largest absolute Gasteiger partial charge is 0.496 e. The van der Waals surface area contributed by atoms with Crippen molar-refractivity contribution in [2.24, 2.45) is 0 Å². The molecule has 0 unspecified atom stereocenters. The van der Waals surface area contributed by atoms with Crippen molar-refractivity contribution in [1.29, 1.82) is 0 Å². The number of methoxy groups -OCH3 is 1. The van der Waals surface area contributed by atoms with Crippen molar-refractivity contribution in [3.05, 3.63) is 45.3 Å². The zero-order valence-electron chi connectivity index (χ0n) is 14.9. The van der Waals surface area contributed by atoms with E-state index in [0.717, 1.165) is 22.4 Å². The lowest BCUT2D eigenvalue weighted by Crippen LogP contribution is -2.24. The van der Waals surface area contributed by atoms with E-state index in [4.69, 9.17) is 9.84 Å². The molecule has 0 saturated carbocycles. The predicted octanol–water partition coefficient (Wildman–Crippen LogP) is 3.62. The number of benzene rings is 1. The summed E-state index contributed by atoms with van der Waals surface area (Å²) in [4.78, 5) is 29.0. The van der Waals surface area contributed by atoms with E-state index in [1.165, 1.54) is 11.3 Å². The number of carboxylic acids is 1. The molecule has 1 aromatic carbocycles. The monoisotopic (exact) mass is 372 g/mol. The van der Waals surface area contributed by atoms with Crippen LogP contribution < -0.4 is 10.3 Å². The van der Waals surface area contributed by atoms with Gasteiger partial charge < -0.3 is 9.84 Å². The van der Waals surface area contributed by atoms with Gasteiger partial charge in [0.1, 0.15) is 16.4 Å². The average Bonchev–Trinajstić information content (AvgIpc) is 3.01. The Hall–Kier alpha value is -2.67. The summed E-state index contributed by atoms with van der Waals surface area (Å²) in [6.45, 7) is 4.08. The quantitative estimate of drug-likeness (QED) is 0.715. The number of fused-ring (bicyclic) bond motifs is 1. The number of carbonyl (C=O) groups is 1. The molecular weight excluding hydrogens is 352 g/mol. The van der Waals surface area contributed by atoms with Crippen LogP contribution in [0.4, 0.5) is 0 Å². The Labute approximate surface area is 154 Å². The van der Waals surface area contributed by atoms with Crippen molar-refractivity contribution in [1.82, 2.24) is 9.55 Å². The molecule has 3 rings (SSSR count). The molecule has 26 heavy (non-hydrogen) atoms. The maximum atomic E-state index is 13.0. The third kappa shape index (κ3) is 3.35. The topological polar surface area (TPSA) is 81.4 Å². The summed E-state index contributed by atoms with van der Waals surface area (Å²) in [5.41, 5.74) is 2.66. The summed E-state index contributed by atoms with van der Waals surface area (Å²) in [6, 6.07) is 5.82. The van der Waals surface area contributed by atoms with Crippen LogP contribution in [0, 0.1) is 13.8 Å². The summed E-state index contributed by atoms with van der Waals surface area (Å²) in [7, 11) is 1.63. The van der Waals surface area contributed by atoms with Crippen LogP contribution in [0.25, 0.3) is 21.3 Å². The Balaban J connectivity index is 2.09. The lowest BCUT2D eigenvalue weighted by Gasteiger charge is -2.10. The highest BCUT2D eigenvalue weighted by Gasteiger charge is 2.16. The molecule has 2 aromatic heterocycles. The molecule has 3 aromatic rings. The standard InChI is InChI=1S/C19H20N2O4S/c1-11-9-13(6-7-15(11)25-3)14-10-26-18-17(14)19(24)21(12(2)20-18)8-4-5-16(22)23/h6-7,9-10H,4-5,8H2,1-3H3,(H,22,23). The number of aryl methyl sites for hydroxylation is 2. The van der Waals surface area contributed by atoms with Crippen molar-refractivity contribution < 1.29 is 14.6 Å². The van der Waals surface area contributed by atoms with Crippen molar-refractivity contribution in [2.75, 3.05) is 7.11 Å². The molecular formula is C19H20N2O4S. The summed E-state index contributed by atoms with van der Waals surface area (Å²) >= 11 is 1.44. The molecule has 0 atom stereocenters. The van der Waals surface area contributed by atoms with Crippen molar-refractivity contribution in [2.45, 2.75) is 33.2 Å². The van der Waals surface area contributed by atoms with Crippen LogP contribution in [0.5, 0.6) is 5.75 Å². The smallest absolute Gasteiger partial charge is 0.303 e. The average molecular weight is 372 g/mol. The number of nitrogens with zero attached hydrogens (tertiary/aromatic N) is 2. The van der Waals surface area contributed by atoms with Gasteiger partial charge in [0, 0.05) is 23.9 Å². The number of thiophene rings is 1. The van der Waals surface area contributed by atoms with Gasteiger partial charge in [0.25, 0.3) is 5.56 Å². The van der Waals surface area contributed by atoms with Crippen LogP contribution in [0.2, 0.25) is 0 Å². The summed E-state index contributed by atoms with van der Waals surface area (Å²) in [5, 5.41) is 11.3. The first-order valence-corrected chi connectivity index (χ1v) is 9.15. The Morgan fingerprint density at radius 3 is 2.77 bits per heavy atom. The van der Waals surface area contributed by atoms with Crippen LogP contribution in [0.3, 0.4) is 0 Å². The van der Waals surface area contributed by atoms with Gasteiger partial charge in [0.2, 0.25) is 0 Å². The fraction of sp³-hybridized carbons (Fsp3) is 0.316. The maximum absolute atomic E-state index is 13.0. The Morgan fingerprint density at radius 2 is 2.12 bits per heavy atom. The number of aromatic nitrogens is 2. The second-order valence-corrected chi connectivity index (χ2v) is 6.99. The first-order chi connectivity index (χ1) is 12.4. The molecule has 6 nitrogen and oxygen atoms in total. The second kappa shape index (κ2) is 7.29. The minimum atomic E-state index is -0.866. The second-order valence-electron chi connectivity index (χ2n) is 6.13. The molecule has 0 aliphatic heterocycles. The van der Waals surface area contributed by atoms with Gasteiger partial charge in [0.05, 0.1) is 12.5 Å². The highest BCUT2D eigenvalue weighted by atomic mass is 32.1. The highest BCUT2D eigenvalue weighted by Crippen LogP contribution is 2.33. The van der Waals surface area contributed by atoms with Gasteiger partial charge >= 0.3 is 5.97 Å². The fourth-order valence-electron chi connectivity index (χ4n) is 3.04. The molecule has 0 saturated heterocycles. The van der Waals surface area contributed by atoms with E-state index in [0.29, 0.717) is 29.0 Å². The third-order valence-electron chi connectivity index (χ3n) is 4.36. The first-order valence-electron chi connectivity index (χ1n) is 8.27. The van der Waals surface area contributed by atoms with Gasteiger partial charge in [-0.05, 0) is 43.5 Å². The number of ether oxygens (including phenoxy) is 1. The first kappa shape index (κ1) is 18.1. The summed E-state index contributed by atoms with van der Waals surface area (Å²) in [5.74, 6) is 0.537. The minimum absolute atomic E-state index is 0.0259. The molecule has 0 radical (unpaired) electrons. The van der Waals surface area contributed by atoms with Crippen molar-refractivity contribution in [3.63, 3.8) is 0 Å². The van der Waals surface area contributed by atoms with Gasteiger partial charge in [0.15, 0.2) is 0 Å². The van der Waals surface area contributed by atoms with E-state index in [-0.39, 0.29) is 12.0 Å². The predicted molar refractivity (Wildman–Crippen MR) is 102 cm³/mol. The van der Waals surface area contributed by atoms with Gasteiger partial charge in [-0.3, -0.25) is 14.2 Å². The summed E-state index contributed by atoms with van der Waals surface area (Å²) < 4.78 is 6.87. The molecule has 0 aliphatic carbocycles. The van der Waals surface area contributed by atoms with E-state index in [1.807, 2.05) is 30.5 Å². The molecule has 0 bridgehead atoms. The van der Waals surface area contributed by atoms with Gasteiger partial charge in [-0.25, -0.2) is 4.98 Å².